The van der Waals surface area contributed by atoms with Gasteiger partial charge in [0.25, 0.3) is 0 Å². The number of benzene rings is 6. The standard InChI is InChI=1S/C63H70N3O.Pt/c1-39-20-22-40(23-21-39)43-30-31-64-53(36-43)45-32-44(33-47(34-45)60(5,6)7)49-18-17-19-55-56(49)65-58(50-37-48(61(8,9)10)38-52(57(50)67)63(14,15)16)66(55)54-29-26-42(35-51(54)62(11,12)13)41-24-27-46(28-25-41)59(2,3)4;/h17-31,33-38,67H,1-16H3;/q-1;/i1D3;. The number of imidazole rings is 1. The number of para-hydroxylation sites is 1. The van der Waals surface area contributed by atoms with E-state index in [2.05, 4.69) is 199 Å². The van der Waals surface area contributed by atoms with Crippen LogP contribution in [0.3, 0.4) is 0 Å². The zero-order chi connectivity index (χ0) is 51.1. The number of nitrogens with zero attached hydrogens (tertiary/aromatic N) is 3. The molecule has 0 radical (unpaired) electrons. The van der Waals surface area contributed by atoms with Crippen LogP contribution in [0.5, 0.6) is 5.75 Å². The molecule has 2 heterocycles. The number of hydrogen-bond acceptors (Lipinski definition) is 3. The fraction of sp³-hybridized carbons (Fsp3) is 0.333. The fourth-order valence-corrected chi connectivity index (χ4v) is 8.93. The normalized spacial score (nSPS) is 13.5. The largest absolute Gasteiger partial charge is 0.507 e. The summed E-state index contributed by atoms with van der Waals surface area (Å²) in [4.78, 5) is 10.6. The summed E-state index contributed by atoms with van der Waals surface area (Å²) in [5.41, 5.74) is 15.7. The first-order chi connectivity index (χ1) is 32.4. The SMILES string of the molecule is [2H]C([2H])([2H])c1ccc(-c2ccnc(-c3[c-]c(-c4cccc5c4nc(-c4cc(C(C)(C)C)cc(C(C)(C)C)c4O)n5-c4ccc(-c5ccc(C(C)(C)C)cc5)cc4C(C)(C)C)cc(C(C)(C)C)c3)c2)cc1.[Pt]. The Hall–Kier alpha value is -5.57. The van der Waals surface area contributed by atoms with Gasteiger partial charge in [0.05, 0.1) is 22.3 Å². The summed E-state index contributed by atoms with van der Waals surface area (Å²) in [5.74, 6) is 0.893. The Morgan fingerprint density at radius 1 is 0.515 bits per heavy atom. The molecule has 0 aliphatic carbocycles. The Bertz CT molecular complexity index is 3250. The van der Waals surface area contributed by atoms with E-state index < -0.39 is 6.85 Å². The molecule has 0 amide bonds. The zero-order valence-electron chi connectivity index (χ0n) is 45.7. The van der Waals surface area contributed by atoms with Gasteiger partial charge in [-0.2, -0.15) is 0 Å². The van der Waals surface area contributed by atoms with Gasteiger partial charge in [0, 0.05) is 42.6 Å². The number of aryl methyl sites for hydroxylation is 1. The van der Waals surface area contributed by atoms with E-state index in [1.54, 1.807) is 18.3 Å². The van der Waals surface area contributed by atoms with E-state index in [9.17, 15) is 5.11 Å². The number of phenolic OH excluding ortho intramolecular Hbond substituents is 1. The molecule has 5 heteroatoms. The van der Waals surface area contributed by atoms with Gasteiger partial charge in [-0.3, -0.25) is 9.55 Å². The molecule has 68 heavy (non-hydrogen) atoms. The number of aromatic hydroxyl groups is 1. The van der Waals surface area contributed by atoms with Crippen LogP contribution in [-0.4, -0.2) is 19.6 Å². The van der Waals surface area contributed by atoms with Crippen molar-refractivity contribution in [2.24, 2.45) is 0 Å². The minimum Gasteiger partial charge on any atom is -0.507 e. The monoisotopic (exact) mass is 1080 g/mol. The van der Waals surface area contributed by atoms with Crippen molar-refractivity contribution in [1.29, 1.82) is 0 Å². The molecule has 0 aliphatic rings. The molecule has 0 saturated heterocycles. The zero-order valence-corrected chi connectivity index (χ0v) is 45.0. The molecule has 6 aromatic carbocycles. The van der Waals surface area contributed by atoms with Crippen LogP contribution in [0.25, 0.3) is 72.7 Å². The molecule has 0 bridgehead atoms. The number of phenols is 1. The second-order valence-corrected chi connectivity index (χ2v) is 23.6. The predicted molar refractivity (Wildman–Crippen MR) is 285 cm³/mol. The van der Waals surface area contributed by atoms with Gasteiger partial charge >= 0.3 is 0 Å². The smallest absolute Gasteiger partial charge is 0.148 e. The summed E-state index contributed by atoms with van der Waals surface area (Å²) in [6.45, 7) is 31.1. The van der Waals surface area contributed by atoms with Gasteiger partial charge in [0.1, 0.15) is 11.6 Å². The molecule has 0 fully saturated rings. The van der Waals surface area contributed by atoms with Crippen LogP contribution in [0.1, 0.15) is 141 Å². The Morgan fingerprint density at radius 2 is 1.07 bits per heavy atom. The molecular weight excluding hydrogens is 1010 g/mol. The van der Waals surface area contributed by atoms with Crippen molar-refractivity contribution in [3.05, 3.63) is 167 Å². The average molecular weight is 1080 g/mol. The van der Waals surface area contributed by atoms with Crippen LogP contribution in [0.15, 0.2) is 128 Å². The Balaban J connectivity index is 0.00000741. The summed E-state index contributed by atoms with van der Waals surface area (Å²) < 4.78 is 25.9. The van der Waals surface area contributed by atoms with Gasteiger partial charge in [0.2, 0.25) is 0 Å². The molecule has 4 nitrogen and oxygen atoms in total. The minimum absolute atomic E-state index is 0. The predicted octanol–water partition coefficient (Wildman–Crippen LogP) is 17.1. The van der Waals surface area contributed by atoms with Crippen molar-refractivity contribution in [3.8, 4) is 67.5 Å². The Morgan fingerprint density at radius 3 is 1.66 bits per heavy atom. The summed E-state index contributed by atoms with van der Waals surface area (Å²) in [6.07, 6.45) is 1.80. The third kappa shape index (κ3) is 10.1. The first kappa shape index (κ1) is 46.2. The number of aromatic nitrogens is 3. The van der Waals surface area contributed by atoms with E-state index in [0.29, 0.717) is 17.0 Å². The van der Waals surface area contributed by atoms with Crippen molar-refractivity contribution >= 4 is 11.0 Å². The van der Waals surface area contributed by atoms with Crippen LogP contribution in [0, 0.1) is 12.9 Å². The second-order valence-electron chi connectivity index (χ2n) is 23.6. The summed E-state index contributed by atoms with van der Waals surface area (Å²) in [5, 5.41) is 12.6. The van der Waals surface area contributed by atoms with Crippen LogP contribution in [-0.2, 0) is 48.1 Å². The average Bonchev–Trinajstić information content (AvgIpc) is 3.66. The van der Waals surface area contributed by atoms with E-state index in [0.717, 1.165) is 83.6 Å². The Labute approximate surface area is 425 Å². The van der Waals surface area contributed by atoms with E-state index >= 15 is 0 Å². The number of pyridine rings is 1. The van der Waals surface area contributed by atoms with Crippen LogP contribution in [0.2, 0.25) is 0 Å². The topological polar surface area (TPSA) is 50.9 Å². The third-order valence-corrected chi connectivity index (χ3v) is 13.1. The Kier molecular flexibility index (Phi) is 12.3. The maximum absolute atomic E-state index is 12.6. The minimum atomic E-state index is -2.18. The molecule has 0 aliphatic heterocycles. The molecule has 0 saturated carbocycles. The van der Waals surface area contributed by atoms with E-state index in [-0.39, 0.29) is 53.9 Å². The number of hydrogen-bond donors (Lipinski definition) is 1. The van der Waals surface area contributed by atoms with Crippen LogP contribution < -0.4 is 0 Å². The van der Waals surface area contributed by atoms with E-state index in [1.165, 1.54) is 5.56 Å². The van der Waals surface area contributed by atoms with Gasteiger partial charge in [-0.15, -0.1) is 29.3 Å². The molecule has 8 aromatic rings. The second kappa shape index (κ2) is 18.1. The molecular formula is C63H70N3OPt-. The van der Waals surface area contributed by atoms with Gasteiger partial charge in [-0.1, -0.05) is 199 Å². The van der Waals surface area contributed by atoms with Crippen molar-refractivity contribution in [2.75, 3.05) is 0 Å². The maximum Gasteiger partial charge on any atom is 0.148 e. The summed E-state index contributed by atoms with van der Waals surface area (Å²) >= 11 is 0. The first-order valence-electron chi connectivity index (χ1n) is 25.2. The van der Waals surface area contributed by atoms with Crippen molar-refractivity contribution in [1.82, 2.24) is 14.5 Å². The summed E-state index contributed by atoms with van der Waals surface area (Å²) in [7, 11) is 0. The quantitative estimate of drug-likeness (QED) is 0.169. The van der Waals surface area contributed by atoms with E-state index in [4.69, 9.17) is 14.1 Å². The fourth-order valence-electron chi connectivity index (χ4n) is 8.93. The summed E-state index contributed by atoms with van der Waals surface area (Å²) in [6, 6.07) is 45.7. The van der Waals surface area contributed by atoms with E-state index in [1.807, 2.05) is 24.3 Å². The van der Waals surface area contributed by atoms with Gasteiger partial charge < -0.3 is 5.11 Å². The van der Waals surface area contributed by atoms with Gasteiger partial charge in [0.15, 0.2) is 0 Å². The number of fused-ring (bicyclic) bond motifs is 1. The van der Waals surface area contributed by atoms with Crippen molar-refractivity contribution < 1.29 is 30.3 Å². The van der Waals surface area contributed by atoms with Gasteiger partial charge in [-0.25, -0.2) is 4.98 Å². The molecule has 0 unspecified atom stereocenters. The third-order valence-electron chi connectivity index (χ3n) is 13.1. The van der Waals surface area contributed by atoms with Crippen molar-refractivity contribution in [2.45, 2.75) is 138 Å². The van der Waals surface area contributed by atoms with Crippen molar-refractivity contribution in [3.63, 3.8) is 0 Å². The molecule has 0 spiro atoms. The van der Waals surface area contributed by atoms with Crippen LogP contribution in [0.4, 0.5) is 0 Å². The molecule has 8 rings (SSSR count). The molecule has 1 N–H and O–H groups in total. The van der Waals surface area contributed by atoms with Gasteiger partial charge in [-0.05, 0) is 103 Å². The molecule has 354 valence electrons. The molecule has 2 aromatic heterocycles. The van der Waals surface area contributed by atoms with Crippen LogP contribution >= 0.6 is 0 Å². The first-order valence-corrected chi connectivity index (χ1v) is 23.7. The number of rotatable bonds is 6. The maximum atomic E-state index is 12.6. The molecule has 0 atom stereocenters.